The fourth-order valence-electron chi connectivity index (χ4n) is 3.08. The lowest BCUT2D eigenvalue weighted by Gasteiger charge is -2.39. The van der Waals surface area contributed by atoms with E-state index in [1.807, 2.05) is 31.2 Å². The number of urea groups is 1. The predicted molar refractivity (Wildman–Crippen MR) is 90.9 cm³/mol. The number of carbonyl (C=O) groups is 1. The Balaban J connectivity index is 2.14. The summed E-state index contributed by atoms with van der Waals surface area (Å²) in [6, 6.07) is 7.66. The molecule has 1 aliphatic rings. The second-order valence-corrected chi connectivity index (χ2v) is 6.24. The summed E-state index contributed by atoms with van der Waals surface area (Å²) in [6.45, 7) is 4.60. The number of nitrogens with zero attached hydrogens (tertiary/aromatic N) is 1. The molecule has 1 aromatic carbocycles. The third kappa shape index (κ3) is 4.37. The molecule has 1 aliphatic heterocycles. The fourth-order valence-corrected chi connectivity index (χ4v) is 3.41. The number of likely N-dealkylation sites (N-methyl/N-ethyl adjacent to an activating group) is 1. The van der Waals surface area contributed by atoms with Crippen LogP contribution in [0, 0.1) is 0 Å². The van der Waals surface area contributed by atoms with E-state index in [-0.39, 0.29) is 18.1 Å². The summed E-state index contributed by atoms with van der Waals surface area (Å²) in [5.41, 5.74) is 0.862. The van der Waals surface area contributed by atoms with E-state index < -0.39 is 0 Å². The number of benzene rings is 1. The molecule has 0 unspecified atom stereocenters. The van der Waals surface area contributed by atoms with Gasteiger partial charge in [-0.25, -0.2) is 4.79 Å². The SMILES string of the molecule is CCN(CCO)C(=O)NCC1(c2ccccc2Cl)CCOCC1. The van der Waals surface area contributed by atoms with E-state index >= 15 is 0 Å². The summed E-state index contributed by atoms with van der Waals surface area (Å²) in [7, 11) is 0. The highest BCUT2D eigenvalue weighted by atomic mass is 35.5. The zero-order valence-electron chi connectivity index (χ0n) is 13.6. The first-order chi connectivity index (χ1) is 11.1. The Morgan fingerprint density at radius 1 is 1.39 bits per heavy atom. The van der Waals surface area contributed by atoms with Gasteiger partial charge in [0.2, 0.25) is 0 Å². The van der Waals surface area contributed by atoms with Crippen molar-refractivity contribution in [1.29, 1.82) is 0 Å². The number of rotatable bonds is 6. The van der Waals surface area contributed by atoms with Gasteiger partial charge in [0, 0.05) is 43.3 Å². The number of aliphatic hydroxyl groups is 1. The van der Waals surface area contributed by atoms with Gasteiger partial charge in [-0.05, 0) is 31.4 Å². The molecule has 0 aromatic heterocycles. The van der Waals surface area contributed by atoms with Crippen molar-refractivity contribution in [2.24, 2.45) is 0 Å². The van der Waals surface area contributed by atoms with Gasteiger partial charge < -0.3 is 20.1 Å². The lowest BCUT2D eigenvalue weighted by Crippen LogP contribution is -2.49. The lowest BCUT2D eigenvalue weighted by atomic mass is 9.74. The van der Waals surface area contributed by atoms with Crippen LogP contribution < -0.4 is 5.32 Å². The van der Waals surface area contributed by atoms with Crippen LogP contribution in [0.5, 0.6) is 0 Å². The number of halogens is 1. The van der Waals surface area contributed by atoms with Crippen molar-refractivity contribution >= 4 is 17.6 Å². The molecule has 23 heavy (non-hydrogen) atoms. The van der Waals surface area contributed by atoms with Gasteiger partial charge in [0.05, 0.1) is 6.61 Å². The average Bonchev–Trinajstić information content (AvgIpc) is 2.59. The maximum absolute atomic E-state index is 12.3. The molecule has 0 saturated carbocycles. The minimum absolute atomic E-state index is 0.0369. The Bertz CT molecular complexity index is 518. The number of aliphatic hydroxyl groups excluding tert-OH is 1. The van der Waals surface area contributed by atoms with Crippen molar-refractivity contribution in [2.75, 3.05) is 39.5 Å². The minimum Gasteiger partial charge on any atom is -0.395 e. The Kier molecular flexibility index (Phi) is 6.69. The van der Waals surface area contributed by atoms with Gasteiger partial charge in [-0.3, -0.25) is 0 Å². The molecule has 2 amide bonds. The van der Waals surface area contributed by atoms with E-state index in [0.29, 0.717) is 32.8 Å². The van der Waals surface area contributed by atoms with Gasteiger partial charge in [-0.2, -0.15) is 0 Å². The molecule has 1 heterocycles. The van der Waals surface area contributed by atoms with E-state index in [0.717, 1.165) is 23.4 Å². The van der Waals surface area contributed by atoms with Crippen LogP contribution in [0.25, 0.3) is 0 Å². The third-order valence-corrected chi connectivity index (χ3v) is 4.84. The van der Waals surface area contributed by atoms with Gasteiger partial charge in [-0.15, -0.1) is 0 Å². The molecule has 0 aliphatic carbocycles. The molecule has 128 valence electrons. The zero-order valence-corrected chi connectivity index (χ0v) is 14.3. The number of hydrogen-bond acceptors (Lipinski definition) is 3. The van der Waals surface area contributed by atoms with Crippen molar-refractivity contribution < 1.29 is 14.6 Å². The molecule has 2 rings (SSSR count). The van der Waals surface area contributed by atoms with Crippen molar-refractivity contribution in [2.45, 2.75) is 25.2 Å². The van der Waals surface area contributed by atoms with Crippen LogP contribution in [0.3, 0.4) is 0 Å². The molecule has 1 saturated heterocycles. The number of nitrogens with one attached hydrogen (secondary N) is 1. The minimum atomic E-state index is -0.203. The van der Waals surface area contributed by atoms with Crippen molar-refractivity contribution in [3.8, 4) is 0 Å². The first-order valence-corrected chi connectivity index (χ1v) is 8.47. The van der Waals surface area contributed by atoms with E-state index in [1.165, 1.54) is 0 Å². The lowest BCUT2D eigenvalue weighted by molar-refractivity contribution is 0.0501. The molecule has 1 fully saturated rings. The molecule has 1 aromatic rings. The van der Waals surface area contributed by atoms with E-state index in [1.54, 1.807) is 4.90 Å². The number of carbonyl (C=O) groups excluding carboxylic acids is 1. The monoisotopic (exact) mass is 340 g/mol. The smallest absolute Gasteiger partial charge is 0.317 e. The molecule has 2 N–H and O–H groups in total. The summed E-state index contributed by atoms with van der Waals surface area (Å²) in [4.78, 5) is 13.9. The summed E-state index contributed by atoms with van der Waals surface area (Å²) in [6.07, 6.45) is 1.65. The van der Waals surface area contributed by atoms with E-state index in [9.17, 15) is 4.79 Å². The molecule has 5 nitrogen and oxygen atoms in total. The Morgan fingerprint density at radius 2 is 2.09 bits per heavy atom. The predicted octanol–water partition coefficient (Wildman–Crippen LogP) is 2.41. The maximum Gasteiger partial charge on any atom is 0.317 e. The van der Waals surface area contributed by atoms with Crippen LogP contribution >= 0.6 is 11.6 Å². The standard InChI is InChI=1S/C17H25ClN2O3/c1-2-20(9-10-21)16(22)19-13-17(7-11-23-12-8-17)14-5-3-4-6-15(14)18/h3-6,21H,2,7-13H2,1H3,(H,19,22). The molecule has 6 heteroatoms. The number of ether oxygens (including phenoxy) is 1. The average molecular weight is 341 g/mol. The van der Waals surface area contributed by atoms with Gasteiger partial charge in [-0.1, -0.05) is 29.8 Å². The molecular formula is C17H25ClN2O3. The van der Waals surface area contributed by atoms with Crippen LogP contribution in [0.1, 0.15) is 25.3 Å². The second-order valence-electron chi connectivity index (χ2n) is 5.83. The zero-order chi connectivity index (χ0) is 16.7. The van der Waals surface area contributed by atoms with Crippen molar-refractivity contribution in [3.63, 3.8) is 0 Å². The largest absolute Gasteiger partial charge is 0.395 e. The first-order valence-electron chi connectivity index (χ1n) is 8.09. The molecule has 0 bridgehead atoms. The van der Waals surface area contributed by atoms with Crippen molar-refractivity contribution in [1.82, 2.24) is 10.2 Å². The van der Waals surface area contributed by atoms with Gasteiger partial charge in [0.25, 0.3) is 0 Å². The molecule has 0 spiro atoms. The topological polar surface area (TPSA) is 61.8 Å². The summed E-state index contributed by atoms with van der Waals surface area (Å²) in [5.74, 6) is 0. The highest BCUT2D eigenvalue weighted by Crippen LogP contribution is 2.38. The number of hydrogen-bond donors (Lipinski definition) is 2. The van der Waals surface area contributed by atoms with Crippen LogP contribution in [0.4, 0.5) is 4.79 Å². The molecule has 0 radical (unpaired) electrons. The van der Waals surface area contributed by atoms with Crippen LogP contribution in [-0.4, -0.2) is 55.5 Å². The number of amides is 2. The third-order valence-electron chi connectivity index (χ3n) is 4.51. The summed E-state index contributed by atoms with van der Waals surface area (Å²) in [5, 5.41) is 12.8. The van der Waals surface area contributed by atoms with Gasteiger partial charge >= 0.3 is 6.03 Å². The van der Waals surface area contributed by atoms with Gasteiger partial charge in [0.15, 0.2) is 0 Å². The Hall–Kier alpha value is -1.30. The van der Waals surface area contributed by atoms with Crippen LogP contribution in [-0.2, 0) is 10.2 Å². The van der Waals surface area contributed by atoms with Crippen LogP contribution in [0.15, 0.2) is 24.3 Å². The molecule has 0 atom stereocenters. The maximum atomic E-state index is 12.3. The summed E-state index contributed by atoms with van der Waals surface area (Å²) < 4.78 is 5.50. The fraction of sp³-hybridized carbons (Fsp3) is 0.588. The van der Waals surface area contributed by atoms with E-state index in [2.05, 4.69) is 5.32 Å². The highest BCUT2D eigenvalue weighted by Gasteiger charge is 2.36. The van der Waals surface area contributed by atoms with E-state index in [4.69, 9.17) is 21.4 Å². The summed E-state index contributed by atoms with van der Waals surface area (Å²) >= 11 is 6.40. The Labute approximate surface area is 142 Å². The van der Waals surface area contributed by atoms with Gasteiger partial charge in [0.1, 0.15) is 0 Å². The first kappa shape index (κ1) is 18.0. The quantitative estimate of drug-likeness (QED) is 0.836. The second kappa shape index (κ2) is 8.52. The normalized spacial score (nSPS) is 16.8. The Morgan fingerprint density at radius 3 is 2.70 bits per heavy atom. The molecular weight excluding hydrogens is 316 g/mol. The van der Waals surface area contributed by atoms with Crippen LogP contribution in [0.2, 0.25) is 5.02 Å². The highest BCUT2D eigenvalue weighted by molar-refractivity contribution is 6.31. The van der Waals surface area contributed by atoms with Crippen molar-refractivity contribution in [3.05, 3.63) is 34.9 Å².